The lowest BCUT2D eigenvalue weighted by atomic mass is 10.4. The molecule has 0 radical (unpaired) electrons. The summed E-state index contributed by atoms with van der Waals surface area (Å²) in [5, 5.41) is 12.2. The quantitative estimate of drug-likeness (QED) is 0.373. The maximum absolute atomic E-state index is 12.3. The summed E-state index contributed by atoms with van der Waals surface area (Å²) in [7, 11) is 1.69. The number of fused-ring (bicyclic) bond motifs is 1. The van der Waals surface area contributed by atoms with Crippen molar-refractivity contribution in [1.82, 2.24) is 30.2 Å². The Balaban J connectivity index is 1.95. The molecule has 108 valence electrons. The number of nitrogen functional groups attached to an aromatic ring is 1. The maximum Gasteiger partial charge on any atom is 0.281 e. The summed E-state index contributed by atoms with van der Waals surface area (Å²) in [5.74, 6) is 4.71. The zero-order valence-electron chi connectivity index (χ0n) is 11.0. The third kappa shape index (κ3) is 2.30. The van der Waals surface area contributed by atoms with E-state index in [1.165, 1.54) is 26.9 Å². The molecule has 21 heavy (non-hydrogen) atoms. The van der Waals surface area contributed by atoms with Crippen molar-refractivity contribution in [1.29, 1.82) is 0 Å². The topological polar surface area (TPSA) is 121 Å². The number of carbonyl (C=O) groups is 1. The van der Waals surface area contributed by atoms with Crippen LogP contribution in [0.5, 0.6) is 0 Å². The predicted molar refractivity (Wildman–Crippen MR) is 75.6 cm³/mol. The fourth-order valence-corrected chi connectivity index (χ4v) is 2.78. The van der Waals surface area contributed by atoms with Crippen LogP contribution in [0.1, 0.15) is 14.5 Å². The van der Waals surface area contributed by atoms with E-state index in [4.69, 9.17) is 5.84 Å². The maximum atomic E-state index is 12.3. The van der Waals surface area contributed by atoms with Crippen LogP contribution in [0.3, 0.4) is 0 Å². The van der Waals surface area contributed by atoms with Crippen molar-refractivity contribution in [3.8, 4) is 0 Å². The Morgan fingerprint density at radius 1 is 1.48 bits per heavy atom. The van der Waals surface area contributed by atoms with Crippen LogP contribution in [0.15, 0.2) is 23.1 Å². The highest BCUT2D eigenvalue weighted by Crippen LogP contribution is 2.16. The minimum absolute atomic E-state index is 0.235. The smallest absolute Gasteiger partial charge is 0.281 e. The van der Waals surface area contributed by atoms with Crippen molar-refractivity contribution in [3.05, 3.63) is 38.4 Å². The van der Waals surface area contributed by atoms with Crippen LogP contribution in [0.25, 0.3) is 11.0 Å². The number of amides is 1. The molecule has 3 rings (SSSR count). The molecule has 1 amide bonds. The average molecular weight is 305 g/mol. The number of nitrogens with zero attached hydrogens (tertiary/aromatic N) is 5. The monoisotopic (exact) mass is 305 g/mol. The number of hydrogen-bond donors (Lipinski definition) is 2. The second kappa shape index (κ2) is 5.07. The number of aryl methyl sites for hydroxylation is 1. The molecular formula is C11H11N7O2S. The van der Waals surface area contributed by atoms with Crippen molar-refractivity contribution in [2.75, 3.05) is 0 Å². The van der Waals surface area contributed by atoms with Gasteiger partial charge in [-0.3, -0.25) is 15.0 Å². The normalized spacial score (nSPS) is 11.0. The molecule has 3 N–H and O–H groups in total. The Morgan fingerprint density at radius 3 is 3.05 bits per heavy atom. The molecule has 0 spiro atoms. The van der Waals surface area contributed by atoms with Crippen LogP contribution < -0.4 is 16.8 Å². The molecule has 0 saturated heterocycles. The number of aromatic nitrogens is 5. The van der Waals surface area contributed by atoms with E-state index in [1.54, 1.807) is 19.2 Å². The lowest BCUT2D eigenvalue weighted by Crippen LogP contribution is -2.29. The van der Waals surface area contributed by atoms with Crippen LogP contribution >= 0.6 is 11.3 Å². The minimum Gasteiger partial charge on any atom is -0.289 e. The third-order valence-corrected chi connectivity index (χ3v) is 4.01. The number of thiophene rings is 1. The van der Waals surface area contributed by atoms with Crippen LogP contribution in [0.4, 0.5) is 0 Å². The Hall–Kier alpha value is -2.59. The number of hydrazine groups is 1. The molecule has 0 aliphatic carbocycles. The molecule has 0 aliphatic heterocycles. The standard InChI is InChI=1S/C11H11N7O2S/c1-17-9-7(4-13-17)11(20)18(16-15-9)5-6-2-3-8(21-6)10(19)14-12/h2-4H,5,12H2,1H3,(H,14,19). The SMILES string of the molecule is Cn1ncc2c(=O)n(Cc3ccc(C(=O)NN)s3)nnc21. The summed E-state index contributed by atoms with van der Waals surface area (Å²) in [4.78, 5) is 24.9. The first-order valence-electron chi connectivity index (χ1n) is 5.95. The first-order chi connectivity index (χ1) is 10.1. The molecule has 3 aromatic heterocycles. The van der Waals surface area contributed by atoms with Gasteiger partial charge in [0.2, 0.25) is 0 Å². The van der Waals surface area contributed by atoms with Gasteiger partial charge in [-0.15, -0.1) is 16.4 Å². The van der Waals surface area contributed by atoms with E-state index in [-0.39, 0.29) is 18.0 Å². The van der Waals surface area contributed by atoms with E-state index in [1.807, 2.05) is 0 Å². The minimum atomic E-state index is -0.368. The molecule has 3 heterocycles. The number of hydrogen-bond acceptors (Lipinski definition) is 7. The van der Waals surface area contributed by atoms with Crippen molar-refractivity contribution in [3.63, 3.8) is 0 Å². The van der Waals surface area contributed by atoms with E-state index in [2.05, 4.69) is 20.8 Å². The number of nitrogens with two attached hydrogens (primary N) is 1. The second-order valence-corrected chi connectivity index (χ2v) is 5.47. The summed E-state index contributed by atoms with van der Waals surface area (Å²) in [6.07, 6.45) is 1.46. The molecule has 0 aromatic carbocycles. The number of carbonyl (C=O) groups excluding carboxylic acids is 1. The highest BCUT2D eigenvalue weighted by Gasteiger charge is 2.12. The highest BCUT2D eigenvalue weighted by atomic mass is 32.1. The summed E-state index contributed by atoms with van der Waals surface area (Å²) < 4.78 is 2.73. The summed E-state index contributed by atoms with van der Waals surface area (Å²) >= 11 is 1.24. The predicted octanol–water partition coefficient (Wildman–Crippen LogP) is -0.762. The Morgan fingerprint density at radius 2 is 2.29 bits per heavy atom. The first kappa shape index (κ1) is 13.4. The summed E-state index contributed by atoms with van der Waals surface area (Å²) in [5.41, 5.74) is 2.22. The molecule has 3 aromatic rings. The Bertz CT molecular complexity index is 878. The van der Waals surface area contributed by atoms with Gasteiger partial charge in [0, 0.05) is 11.9 Å². The largest absolute Gasteiger partial charge is 0.289 e. The van der Waals surface area contributed by atoms with Gasteiger partial charge in [-0.05, 0) is 12.1 Å². The van der Waals surface area contributed by atoms with E-state index in [0.29, 0.717) is 15.9 Å². The Labute approximate surface area is 122 Å². The van der Waals surface area contributed by atoms with Gasteiger partial charge in [0.25, 0.3) is 11.5 Å². The van der Waals surface area contributed by atoms with Gasteiger partial charge in [0.15, 0.2) is 5.65 Å². The van der Waals surface area contributed by atoms with Gasteiger partial charge in [-0.2, -0.15) is 5.10 Å². The molecular weight excluding hydrogens is 294 g/mol. The van der Waals surface area contributed by atoms with E-state index in [9.17, 15) is 9.59 Å². The third-order valence-electron chi connectivity index (χ3n) is 2.94. The molecule has 0 atom stereocenters. The summed E-state index contributed by atoms with van der Waals surface area (Å²) in [6, 6.07) is 3.39. The van der Waals surface area contributed by atoms with Gasteiger partial charge < -0.3 is 0 Å². The fraction of sp³-hybridized carbons (Fsp3) is 0.182. The molecule has 10 heteroatoms. The van der Waals surface area contributed by atoms with Gasteiger partial charge in [0.1, 0.15) is 5.39 Å². The lowest BCUT2D eigenvalue weighted by molar-refractivity contribution is 0.0957. The lowest BCUT2D eigenvalue weighted by Gasteiger charge is -2.01. The van der Waals surface area contributed by atoms with Crippen LogP contribution in [0, 0.1) is 0 Å². The number of rotatable bonds is 3. The molecule has 0 fully saturated rings. The van der Waals surface area contributed by atoms with E-state index < -0.39 is 0 Å². The van der Waals surface area contributed by atoms with Crippen LogP contribution in [-0.4, -0.2) is 30.7 Å². The molecule has 0 bridgehead atoms. The summed E-state index contributed by atoms with van der Waals surface area (Å²) in [6.45, 7) is 0.235. The van der Waals surface area contributed by atoms with Crippen molar-refractivity contribution < 1.29 is 4.79 Å². The van der Waals surface area contributed by atoms with Gasteiger partial charge in [-0.25, -0.2) is 15.2 Å². The van der Waals surface area contributed by atoms with E-state index >= 15 is 0 Å². The molecule has 9 nitrogen and oxygen atoms in total. The zero-order valence-corrected chi connectivity index (χ0v) is 11.8. The molecule has 0 unspecified atom stereocenters. The Kier molecular flexibility index (Phi) is 3.23. The highest BCUT2D eigenvalue weighted by molar-refractivity contribution is 7.14. The van der Waals surface area contributed by atoms with E-state index in [0.717, 1.165) is 4.88 Å². The van der Waals surface area contributed by atoms with Gasteiger partial charge in [0.05, 0.1) is 17.6 Å². The molecule has 0 saturated carbocycles. The van der Waals surface area contributed by atoms with Crippen molar-refractivity contribution >= 4 is 28.3 Å². The fourth-order valence-electron chi connectivity index (χ4n) is 1.88. The van der Waals surface area contributed by atoms with Gasteiger partial charge in [-0.1, -0.05) is 5.21 Å². The van der Waals surface area contributed by atoms with Crippen molar-refractivity contribution in [2.45, 2.75) is 6.54 Å². The number of nitrogens with one attached hydrogen (secondary N) is 1. The van der Waals surface area contributed by atoms with Crippen LogP contribution in [-0.2, 0) is 13.6 Å². The van der Waals surface area contributed by atoms with Crippen LogP contribution in [0.2, 0.25) is 0 Å². The first-order valence-corrected chi connectivity index (χ1v) is 6.77. The zero-order chi connectivity index (χ0) is 15.0. The average Bonchev–Trinajstić information content (AvgIpc) is 3.09. The molecule has 0 aliphatic rings. The second-order valence-electron chi connectivity index (χ2n) is 4.30. The van der Waals surface area contributed by atoms with Gasteiger partial charge >= 0.3 is 0 Å². The van der Waals surface area contributed by atoms with Crippen molar-refractivity contribution in [2.24, 2.45) is 12.9 Å².